The van der Waals surface area contributed by atoms with Crippen LogP contribution in [-0.2, 0) is 9.59 Å². The van der Waals surface area contributed by atoms with Crippen LogP contribution in [0.15, 0.2) is 0 Å². The third-order valence-corrected chi connectivity index (χ3v) is 4.54. The van der Waals surface area contributed by atoms with Crippen LogP contribution < -0.4 is 5.32 Å². The maximum absolute atomic E-state index is 11.8. The number of carboxylic acid groups (broad SMARTS) is 1. The molecule has 0 bridgehead atoms. The summed E-state index contributed by atoms with van der Waals surface area (Å²) >= 11 is 0. The molecule has 114 valence electrons. The first-order valence-electron chi connectivity index (χ1n) is 7.74. The number of nitrogens with one attached hydrogen (secondary N) is 1. The minimum atomic E-state index is -0.739. The van der Waals surface area contributed by atoms with Crippen LogP contribution in [0.5, 0.6) is 0 Å². The number of aliphatic carboxylic acids is 1. The fourth-order valence-electron chi connectivity index (χ4n) is 3.35. The Hall–Kier alpha value is -1.10. The summed E-state index contributed by atoms with van der Waals surface area (Å²) < 4.78 is 0. The molecule has 1 amide bonds. The Balaban J connectivity index is 2.00. The molecule has 0 aromatic carbocycles. The van der Waals surface area contributed by atoms with E-state index in [1.807, 2.05) is 13.8 Å². The van der Waals surface area contributed by atoms with Gasteiger partial charge in [-0.25, -0.2) is 0 Å². The highest BCUT2D eigenvalue weighted by Gasteiger charge is 2.36. The van der Waals surface area contributed by atoms with E-state index in [9.17, 15) is 14.7 Å². The van der Waals surface area contributed by atoms with Crippen LogP contribution in [0.25, 0.3) is 0 Å². The van der Waals surface area contributed by atoms with Crippen LogP contribution in [0, 0.1) is 11.8 Å². The Kier molecular flexibility index (Phi) is 5.02. The van der Waals surface area contributed by atoms with Crippen LogP contribution in [0.4, 0.5) is 0 Å². The van der Waals surface area contributed by atoms with Gasteiger partial charge in [-0.15, -0.1) is 0 Å². The third kappa shape index (κ3) is 3.72. The van der Waals surface area contributed by atoms with Crippen molar-refractivity contribution in [2.75, 3.05) is 13.1 Å². The minimum absolute atomic E-state index is 0.0208. The van der Waals surface area contributed by atoms with Gasteiger partial charge in [-0.05, 0) is 19.3 Å². The SMILES string of the molecule is CC(C)C(=O)NC1CC(C(=O)O)CN(C2CCCC2)C1. The van der Waals surface area contributed by atoms with Crippen molar-refractivity contribution in [3.8, 4) is 0 Å². The molecule has 1 aliphatic heterocycles. The number of carbonyl (C=O) groups excluding carboxylic acids is 1. The van der Waals surface area contributed by atoms with Gasteiger partial charge in [0.25, 0.3) is 0 Å². The number of likely N-dealkylation sites (tertiary alicyclic amines) is 1. The molecule has 0 spiro atoms. The Labute approximate surface area is 120 Å². The number of carbonyl (C=O) groups is 2. The summed E-state index contributed by atoms with van der Waals surface area (Å²) in [4.78, 5) is 25.5. The molecule has 20 heavy (non-hydrogen) atoms. The quantitative estimate of drug-likeness (QED) is 0.819. The molecule has 2 N–H and O–H groups in total. The van der Waals surface area contributed by atoms with Crippen molar-refractivity contribution in [3.63, 3.8) is 0 Å². The lowest BCUT2D eigenvalue weighted by atomic mass is 9.92. The van der Waals surface area contributed by atoms with Gasteiger partial charge in [0.1, 0.15) is 0 Å². The summed E-state index contributed by atoms with van der Waals surface area (Å²) in [5.41, 5.74) is 0. The van der Waals surface area contributed by atoms with Crippen LogP contribution >= 0.6 is 0 Å². The normalized spacial score (nSPS) is 28.8. The highest BCUT2D eigenvalue weighted by molar-refractivity contribution is 5.78. The highest BCUT2D eigenvalue weighted by Crippen LogP contribution is 2.28. The molecule has 0 aromatic rings. The van der Waals surface area contributed by atoms with E-state index in [1.54, 1.807) is 0 Å². The fraction of sp³-hybridized carbons (Fsp3) is 0.867. The van der Waals surface area contributed by atoms with Gasteiger partial charge in [0.05, 0.1) is 5.92 Å². The van der Waals surface area contributed by atoms with E-state index in [0.717, 1.165) is 19.4 Å². The topological polar surface area (TPSA) is 69.6 Å². The fourth-order valence-corrected chi connectivity index (χ4v) is 3.35. The van der Waals surface area contributed by atoms with Crippen LogP contribution in [-0.4, -0.2) is 47.1 Å². The summed E-state index contributed by atoms with van der Waals surface area (Å²) in [6, 6.07) is 0.482. The van der Waals surface area contributed by atoms with Crippen molar-refractivity contribution < 1.29 is 14.7 Å². The number of nitrogens with zero attached hydrogens (tertiary/aromatic N) is 1. The van der Waals surface area contributed by atoms with Crippen molar-refractivity contribution in [1.82, 2.24) is 10.2 Å². The van der Waals surface area contributed by atoms with Crippen molar-refractivity contribution in [2.45, 2.75) is 58.0 Å². The van der Waals surface area contributed by atoms with E-state index in [1.165, 1.54) is 12.8 Å². The van der Waals surface area contributed by atoms with Gasteiger partial charge in [0.15, 0.2) is 0 Å². The molecule has 1 saturated heterocycles. The molecule has 1 saturated carbocycles. The Bertz CT molecular complexity index is 364. The molecular formula is C15H26N2O3. The number of carboxylic acids is 1. The van der Waals surface area contributed by atoms with Gasteiger partial charge in [0, 0.05) is 31.1 Å². The largest absolute Gasteiger partial charge is 0.481 e. The zero-order valence-electron chi connectivity index (χ0n) is 12.5. The zero-order valence-corrected chi connectivity index (χ0v) is 12.5. The molecule has 0 aromatic heterocycles. The van der Waals surface area contributed by atoms with Crippen LogP contribution in [0.3, 0.4) is 0 Å². The van der Waals surface area contributed by atoms with Crippen molar-refractivity contribution in [1.29, 1.82) is 0 Å². The third-order valence-electron chi connectivity index (χ3n) is 4.54. The molecule has 0 radical (unpaired) electrons. The van der Waals surface area contributed by atoms with Gasteiger partial charge in [0.2, 0.25) is 5.91 Å². The second-order valence-corrected chi connectivity index (χ2v) is 6.52. The lowest BCUT2D eigenvalue weighted by Gasteiger charge is -2.40. The molecule has 1 aliphatic carbocycles. The number of rotatable bonds is 4. The molecule has 2 unspecified atom stereocenters. The Morgan fingerprint density at radius 2 is 1.85 bits per heavy atom. The second-order valence-electron chi connectivity index (χ2n) is 6.52. The first kappa shape index (κ1) is 15.3. The van der Waals surface area contributed by atoms with Crippen LogP contribution in [0.2, 0.25) is 0 Å². The smallest absolute Gasteiger partial charge is 0.307 e. The van der Waals surface area contributed by atoms with E-state index in [-0.39, 0.29) is 23.8 Å². The van der Waals surface area contributed by atoms with E-state index < -0.39 is 5.97 Å². The molecular weight excluding hydrogens is 256 g/mol. The summed E-state index contributed by atoms with van der Waals surface area (Å²) in [5.74, 6) is -1.13. The van der Waals surface area contributed by atoms with Crippen molar-refractivity contribution in [2.24, 2.45) is 11.8 Å². The van der Waals surface area contributed by atoms with E-state index in [4.69, 9.17) is 0 Å². The molecule has 1 heterocycles. The number of piperidine rings is 1. The average molecular weight is 282 g/mol. The lowest BCUT2D eigenvalue weighted by Crippen LogP contribution is -2.55. The minimum Gasteiger partial charge on any atom is -0.481 e. The van der Waals surface area contributed by atoms with E-state index >= 15 is 0 Å². The monoisotopic (exact) mass is 282 g/mol. The average Bonchev–Trinajstić information content (AvgIpc) is 2.92. The van der Waals surface area contributed by atoms with Crippen molar-refractivity contribution in [3.05, 3.63) is 0 Å². The Morgan fingerprint density at radius 3 is 2.40 bits per heavy atom. The molecule has 2 rings (SSSR count). The number of hydrogen-bond acceptors (Lipinski definition) is 3. The molecule has 5 heteroatoms. The van der Waals surface area contributed by atoms with Crippen LogP contribution in [0.1, 0.15) is 46.0 Å². The van der Waals surface area contributed by atoms with E-state index in [0.29, 0.717) is 19.0 Å². The zero-order chi connectivity index (χ0) is 14.7. The maximum atomic E-state index is 11.8. The summed E-state index contributed by atoms with van der Waals surface area (Å²) in [5, 5.41) is 12.3. The molecule has 5 nitrogen and oxygen atoms in total. The standard InChI is InChI=1S/C15H26N2O3/c1-10(2)14(18)16-12-7-11(15(19)20)8-17(9-12)13-5-3-4-6-13/h10-13H,3-9H2,1-2H3,(H,16,18)(H,19,20). The predicted octanol–water partition coefficient (Wildman–Crippen LogP) is 1.48. The number of amides is 1. The van der Waals surface area contributed by atoms with Gasteiger partial charge in [-0.3, -0.25) is 14.5 Å². The summed E-state index contributed by atoms with van der Waals surface area (Å²) in [6.45, 7) is 5.16. The first-order valence-corrected chi connectivity index (χ1v) is 7.74. The van der Waals surface area contributed by atoms with Crippen molar-refractivity contribution >= 4 is 11.9 Å². The van der Waals surface area contributed by atoms with Gasteiger partial charge >= 0.3 is 5.97 Å². The molecule has 2 fully saturated rings. The Morgan fingerprint density at radius 1 is 1.20 bits per heavy atom. The first-order chi connectivity index (χ1) is 9.47. The maximum Gasteiger partial charge on any atom is 0.307 e. The summed E-state index contributed by atoms with van der Waals surface area (Å²) in [6.07, 6.45) is 5.36. The molecule has 2 atom stereocenters. The highest BCUT2D eigenvalue weighted by atomic mass is 16.4. The second kappa shape index (κ2) is 6.57. The predicted molar refractivity (Wildman–Crippen MR) is 76.3 cm³/mol. The lowest BCUT2D eigenvalue weighted by molar-refractivity contribution is -0.145. The van der Waals surface area contributed by atoms with E-state index in [2.05, 4.69) is 10.2 Å². The summed E-state index contributed by atoms with van der Waals surface area (Å²) in [7, 11) is 0. The molecule has 2 aliphatic rings. The van der Waals surface area contributed by atoms with Gasteiger partial charge in [-0.2, -0.15) is 0 Å². The number of hydrogen-bond donors (Lipinski definition) is 2. The van der Waals surface area contributed by atoms with Gasteiger partial charge in [-0.1, -0.05) is 26.7 Å². The van der Waals surface area contributed by atoms with Gasteiger partial charge < -0.3 is 10.4 Å².